The molecule has 0 bridgehead atoms. The zero-order chi connectivity index (χ0) is 12.3. The number of hydrogen-bond donors (Lipinski definition) is 0. The predicted octanol–water partition coefficient (Wildman–Crippen LogP) is 4.19. The van der Waals surface area contributed by atoms with Crippen molar-refractivity contribution >= 4 is 0 Å². The van der Waals surface area contributed by atoms with Crippen LogP contribution < -0.4 is 4.74 Å². The van der Waals surface area contributed by atoms with Gasteiger partial charge in [0, 0.05) is 0 Å². The van der Waals surface area contributed by atoms with E-state index in [1.807, 2.05) is 6.07 Å². The van der Waals surface area contributed by atoms with Gasteiger partial charge in [0.1, 0.15) is 12.4 Å². The van der Waals surface area contributed by atoms with Crippen molar-refractivity contribution in [1.82, 2.24) is 0 Å². The normalized spacial score (nSPS) is 10.3. The van der Waals surface area contributed by atoms with Crippen molar-refractivity contribution in [3.63, 3.8) is 0 Å². The maximum atomic E-state index is 5.77. The molecule has 1 heteroatoms. The van der Waals surface area contributed by atoms with Crippen molar-refractivity contribution in [1.29, 1.82) is 0 Å². The first kappa shape index (κ1) is 11.7. The number of benzene rings is 2. The Labute approximate surface area is 103 Å². The van der Waals surface area contributed by atoms with Gasteiger partial charge in [-0.1, -0.05) is 35.9 Å². The van der Waals surface area contributed by atoms with E-state index in [1.54, 1.807) is 0 Å². The second-order valence-electron chi connectivity index (χ2n) is 4.52. The first-order chi connectivity index (χ1) is 8.15. The molecule has 2 rings (SSSR count). The van der Waals surface area contributed by atoms with Gasteiger partial charge in [-0.3, -0.25) is 0 Å². The van der Waals surface area contributed by atoms with Crippen molar-refractivity contribution in [2.24, 2.45) is 0 Å². The molecule has 0 unspecified atom stereocenters. The van der Waals surface area contributed by atoms with Gasteiger partial charge in [0.25, 0.3) is 0 Å². The molecule has 0 saturated heterocycles. The van der Waals surface area contributed by atoms with Gasteiger partial charge in [-0.25, -0.2) is 0 Å². The molecule has 88 valence electrons. The smallest absolute Gasteiger partial charge is 0.120 e. The van der Waals surface area contributed by atoms with E-state index in [9.17, 15) is 0 Å². The number of hydrogen-bond acceptors (Lipinski definition) is 1. The van der Waals surface area contributed by atoms with Gasteiger partial charge in [0.15, 0.2) is 0 Å². The average Bonchev–Trinajstić information content (AvgIpc) is 2.33. The summed E-state index contributed by atoms with van der Waals surface area (Å²) >= 11 is 0. The lowest BCUT2D eigenvalue weighted by Crippen LogP contribution is -1.96. The number of rotatable bonds is 3. The minimum atomic E-state index is 0.628. The summed E-state index contributed by atoms with van der Waals surface area (Å²) in [4.78, 5) is 0. The van der Waals surface area contributed by atoms with E-state index in [0.29, 0.717) is 6.61 Å². The van der Waals surface area contributed by atoms with Crippen molar-refractivity contribution in [3.8, 4) is 5.75 Å². The van der Waals surface area contributed by atoms with Crippen LogP contribution in [0.5, 0.6) is 5.75 Å². The fourth-order valence-electron chi connectivity index (χ4n) is 1.65. The van der Waals surface area contributed by atoms with Gasteiger partial charge in [-0.2, -0.15) is 0 Å². The van der Waals surface area contributed by atoms with E-state index < -0.39 is 0 Å². The van der Waals surface area contributed by atoms with E-state index in [0.717, 1.165) is 5.75 Å². The molecule has 0 aliphatic rings. The lowest BCUT2D eigenvalue weighted by Gasteiger charge is -2.08. The van der Waals surface area contributed by atoms with Crippen molar-refractivity contribution in [2.75, 3.05) is 0 Å². The second kappa shape index (κ2) is 5.05. The van der Waals surface area contributed by atoms with Crippen LogP contribution in [0.15, 0.2) is 42.5 Å². The highest BCUT2D eigenvalue weighted by molar-refractivity contribution is 5.34. The van der Waals surface area contributed by atoms with Gasteiger partial charge >= 0.3 is 0 Å². The van der Waals surface area contributed by atoms with Crippen molar-refractivity contribution in [2.45, 2.75) is 27.4 Å². The molecule has 0 heterocycles. The molecule has 0 aliphatic heterocycles. The summed E-state index contributed by atoms with van der Waals surface area (Å²) in [5, 5.41) is 0. The summed E-state index contributed by atoms with van der Waals surface area (Å²) in [6.45, 7) is 6.93. The van der Waals surface area contributed by atoms with Gasteiger partial charge in [-0.15, -0.1) is 0 Å². The van der Waals surface area contributed by atoms with Crippen LogP contribution >= 0.6 is 0 Å². The molecule has 2 aromatic rings. The molecule has 2 aromatic carbocycles. The molecule has 0 amide bonds. The zero-order valence-electron chi connectivity index (χ0n) is 10.7. The largest absolute Gasteiger partial charge is 0.489 e. The molecule has 1 nitrogen and oxygen atoms in total. The van der Waals surface area contributed by atoms with E-state index in [1.165, 1.54) is 22.3 Å². The molecule has 0 fully saturated rings. The minimum absolute atomic E-state index is 0.628. The predicted molar refractivity (Wildman–Crippen MR) is 71.4 cm³/mol. The lowest BCUT2D eigenvalue weighted by atomic mass is 10.1. The fraction of sp³-hybridized carbons (Fsp3) is 0.250. The summed E-state index contributed by atoms with van der Waals surface area (Å²) < 4.78 is 5.77. The summed E-state index contributed by atoms with van der Waals surface area (Å²) in [6.07, 6.45) is 0. The lowest BCUT2D eigenvalue weighted by molar-refractivity contribution is 0.306. The van der Waals surface area contributed by atoms with Gasteiger partial charge < -0.3 is 4.74 Å². The first-order valence-corrected chi connectivity index (χ1v) is 5.91. The standard InChI is InChI=1S/C16H18O/c1-12-4-7-15(8-5-12)11-17-16-9-6-13(2)14(3)10-16/h4-10H,11H2,1-3H3. The summed E-state index contributed by atoms with van der Waals surface area (Å²) in [5.74, 6) is 0.939. The van der Waals surface area contributed by atoms with Crippen LogP contribution in [0.2, 0.25) is 0 Å². The highest BCUT2D eigenvalue weighted by Gasteiger charge is 1.98. The summed E-state index contributed by atoms with van der Waals surface area (Å²) in [6, 6.07) is 14.6. The van der Waals surface area contributed by atoms with E-state index in [-0.39, 0.29) is 0 Å². The second-order valence-corrected chi connectivity index (χ2v) is 4.52. The molecule has 0 atom stereocenters. The van der Waals surface area contributed by atoms with Crippen molar-refractivity contribution < 1.29 is 4.74 Å². The van der Waals surface area contributed by atoms with Crippen LogP contribution in [0.4, 0.5) is 0 Å². The molecule has 17 heavy (non-hydrogen) atoms. The first-order valence-electron chi connectivity index (χ1n) is 5.91. The third-order valence-electron chi connectivity index (χ3n) is 3.00. The summed E-state index contributed by atoms with van der Waals surface area (Å²) in [5.41, 5.74) is 5.05. The maximum absolute atomic E-state index is 5.77. The molecular weight excluding hydrogens is 208 g/mol. The molecule has 0 N–H and O–H groups in total. The Kier molecular flexibility index (Phi) is 3.48. The molecule has 0 aliphatic carbocycles. The summed E-state index contributed by atoms with van der Waals surface area (Å²) in [7, 11) is 0. The molecule has 0 radical (unpaired) electrons. The van der Waals surface area contributed by atoms with E-state index in [2.05, 4.69) is 57.2 Å². The Balaban J connectivity index is 2.02. The number of ether oxygens (including phenoxy) is 1. The van der Waals surface area contributed by atoms with Crippen LogP contribution in [0, 0.1) is 20.8 Å². The monoisotopic (exact) mass is 226 g/mol. The van der Waals surface area contributed by atoms with Gasteiger partial charge in [0.2, 0.25) is 0 Å². The van der Waals surface area contributed by atoms with Crippen molar-refractivity contribution in [3.05, 3.63) is 64.7 Å². The Morgan fingerprint density at radius 3 is 2.18 bits per heavy atom. The minimum Gasteiger partial charge on any atom is -0.489 e. The topological polar surface area (TPSA) is 9.23 Å². The maximum Gasteiger partial charge on any atom is 0.120 e. The Morgan fingerprint density at radius 1 is 0.824 bits per heavy atom. The Hall–Kier alpha value is -1.76. The molecular formula is C16H18O. The highest BCUT2D eigenvalue weighted by Crippen LogP contribution is 2.17. The fourth-order valence-corrected chi connectivity index (χ4v) is 1.65. The highest BCUT2D eigenvalue weighted by atomic mass is 16.5. The molecule has 0 spiro atoms. The number of aryl methyl sites for hydroxylation is 3. The average molecular weight is 226 g/mol. The van der Waals surface area contributed by atoms with E-state index >= 15 is 0 Å². The SMILES string of the molecule is Cc1ccc(COc2ccc(C)c(C)c2)cc1. The van der Waals surface area contributed by atoms with Crippen LogP contribution in [0.3, 0.4) is 0 Å². The Bertz CT molecular complexity index is 497. The van der Waals surface area contributed by atoms with E-state index in [4.69, 9.17) is 4.74 Å². The molecule has 0 saturated carbocycles. The molecule has 0 aromatic heterocycles. The third kappa shape index (κ3) is 3.10. The van der Waals surface area contributed by atoms with Crippen LogP contribution in [0.1, 0.15) is 22.3 Å². The zero-order valence-corrected chi connectivity index (χ0v) is 10.7. The van der Waals surface area contributed by atoms with Crippen LogP contribution in [-0.4, -0.2) is 0 Å². The quantitative estimate of drug-likeness (QED) is 0.762. The van der Waals surface area contributed by atoms with Crippen LogP contribution in [-0.2, 0) is 6.61 Å². The Morgan fingerprint density at radius 2 is 1.53 bits per heavy atom. The van der Waals surface area contributed by atoms with Gasteiger partial charge in [0.05, 0.1) is 0 Å². The van der Waals surface area contributed by atoms with Crippen LogP contribution in [0.25, 0.3) is 0 Å². The van der Waals surface area contributed by atoms with Gasteiger partial charge in [-0.05, 0) is 49.6 Å². The third-order valence-corrected chi connectivity index (χ3v) is 3.00.